The minimum Gasteiger partial charge on any atom is -0.258 e. The summed E-state index contributed by atoms with van der Waals surface area (Å²) >= 11 is 0. The summed E-state index contributed by atoms with van der Waals surface area (Å²) in [4.78, 5) is 10.1. The molecule has 0 aliphatic carbocycles. The molecule has 0 bridgehead atoms. The van der Waals surface area contributed by atoms with E-state index in [4.69, 9.17) is 0 Å². The zero-order valence-electron chi connectivity index (χ0n) is 7.57. The van der Waals surface area contributed by atoms with Gasteiger partial charge in [-0.15, -0.1) is 6.58 Å². The lowest BCUT2D eigenvalue weighted by Gasteiger charge is -2.00. The number of hydrogen-bond donors (Lipinski definition) is 0. The van der Waals surface area contributed by atoms with Gasteiger partial charge < -0.3 is 0 Å². The van der Waals surface area contributed by atoms with Gasteiger partial charge >= 0.3 is 0 Å². The largest absolute Gasteiger partial charge is 0.272 e. The van der Waals surface area contributed by atoms with Crippen LogP contribution in [0, 0.1) is 15.9 Å². The first-order valence-corrected chi connectivity index (χ1v) is 4.19. The molecule has 0 spiro atoms. The second-order valence-electron chi connectivity index (χ2n) is 2.86. The third-order valence-electron chi connectivity index (χ3n) is 1.86. The van der Waals surface area contributed by atoms with Crippen LogP contribution in [0.4, 0.5) is 10.1 Å². The summed E-state index contributed by atoms with van der Waals surface area (Å²) in [6, 6.07) is 3.48. The average molecular weight is 195 g/mol. The Bertz CT molecular complexity index is 363. The molecule has 74 valence electrons. The third kappa shape index (κ3) is 2.39. The molecule has 0 atom stereocenters. The first-order chi connectivity index (χ1) is 6.65. The van der Waals surface area contributed by atoms with E-state index in [0.29, 0.717) is 18.4 Å². The minimum atomic E-state index is -0.502. The van der Waals surface area contributed by atoms with E-state index in [9.17, 15) is 14.5 Å². The van der Waals surface area contributed by atoms with E-state index in [2.05, 4.69) is 6.58 Å². The van der Waals surface area contributed by atoms with Crippen molar-refractivity contribution in [1.29, 1.82) is 0 Å². The Morgan fingerprint density at radius 3 is 2.86 bits per heavy atom. The second kappa shape index (κ2) is 4.50. The van der Waals surface area contributed by atoms with Gasteiger partial charge in [-0.2, -0.15) is 0 Å². The van der Waals surface area contributed by atoms with Gasteiger partial charge in [-0.3, -0.25) is 10.1 Å². The van der Waals surface area contributed by atoms with Gasteiger partial charge in [0.2, 0.25) is 0 Å². The average Bonchev–Trinajstić information content (AvgIpc) is 2.14. The Labute approximate surface area is 81.0 Å². The molecule has 0 radical (unpaired) electrons. The van der Waals surface area contributed by atoms with Gasteiger partial charge in [-0.1, -0.05) is 6.08 Å². The lowest BCUT2D eigenvalue weighted by Crippen LogP contribution is -1.96. The predicted octanol–water partition coefficient (Wildman–Crippen LogP) is 2.85. The van der Waals surface area contributed by atoms with E-state index >= 15 is 0 Å². The van der Waals surface area contributed by atoms with Gasteiger partial charge in [0.05, 0.1) is 4.92 Å². The zero-order valence-corrected chi connectivity index (χ0v) is 7.57. The van der Waals surface area contributed by atoms with Crippen molar-refractivity contribution in [2.75, 3.05) is 0 Å². The molecular weight excluding hydrogens is 185 g/mol. The molecule has 3 nitrogen and oxygen atoms in total. The second-order valence-corrected chi connectivity index (χ2v) is 2.86. The highest BCUT2D eigenvalue weighted by Crippen LogP contribution is 2.20. The van der Waals surface area contributed by atoms with E-state index in [1.54, 1.807) is 6.08 Å². The highest BCUT2D eigenvalue weighted by Gasteiger charge is 2.12. The molecule has 0 aromatic heterocycles. The fourth-order valence-electron chi connectivity index (χ4n) is 1.19. The summed E-state index contributed by atoms with van der Waals surface area (Å²) < 4.78 is 12.8. The fraction of sp³-hybridized carbons (Fsp3) is 0.200. The predicted molar refractivity (Wildman–Crippen MR) is 51.6 cm³/mol. The molecule has 0 amide bonds. The number of nitro benzene ring substituents is 1. The Hall–Kier alpha value is -1.71. The smallest absolute Gasteiger partial charge is 0.258 e. The van der Waals surface area contributed by atoms with Gasteiger partial charge in [0, 0.05) is 11.6 Å². The molecule has 0 N–H and O–H groups in total. The van der Waals surface area contributed by atoms with Crippen LogP contribution in [0.2, 0.25) is 0 Å². The molecular formula is C10H10FNO2. The van der Waals surface area contributed by atoms with E-state index in [1.165, 1.54) is 12.1 Å². The zero-order chi connectivity index (χ0) is 10.6. The van der Waals surface area contributed by atoms with Crippen LogP contribution in [-0.4, -0.2) is 4.92 Å². The van der Waals surface area contributed by atoms with Crippen molar-refractivity contribution in [3.05, 3.63) is 52.3 Å². The molecule has 0 saturated carbocycles. The van der Waals surface area contributed by atoms with Crippen molar-refractivity contribution in [2.24, 2.45) is 0 Å². The molecule has 0 aliphatic rings. The molecule has 1 rings (SSSR count). The quantitative estimate of drug-likeness (QED) is 0.421. The maximum absolute atomic E-state index is 12.8. The topological polar surface area (TPSA) is 43.1 Å². The van der Waals surface area contributed by atoms with Crippen molar-refractivity contribution in [3.8, 4) is 0 Å². The number of nitrogens with zero attached hydrogens (tertiary/aromatic N) is 1. The first-order valence-electron chi connectivity index (χ1n) is 4.19. The molecule has 4 heteroatoms. The van der Waals surface area contributed by atoms with Crippen LogP contribution in [0.5, 0.6) is 0 Å². The van der Waals surface area contributed by atoms with Gasteiger partial charge in [-0.25, -0.2) is 4.39 Å². The molecule has 0 fully saturated rings. The standard InChI is InChI=1S/C10H10FNO2/c1-2-3-4-8-7-9(11)5-6-10(8)12(13)14/h2,5-7H,1,3-4H2. The highest BCUT2D eigenvalue weighted by atomic mass is 19.1. The Morgan fingerprint density at radius 2 is 2.29 bits per heavy atom. The Morgan fingerprint density at radius 1 is 1.57 bits per heavy atom. The lowest BCUT2D eigenvalue weighted by molar-refractivity contribution is -0.385. The van der Waals surface area contributed by atoms with Crippen LogP contribution in [0.25, 0.3) is 0 Å². The summed E-state index contributed by atoms with van der Waals surface area (Å²) in [6.45, 7) is 3.51. The van der Waals surface area contributed by atoms with Crippen molar-refractivity contribution in [1.82, 2.24) is 0 Å². The van der Waals surface area contributed by atoms with E-state index in [1.807, 2.05) is 0 Å². The number of benzene rings is 1. The molecule has 0 aliphatic heterocycles. The van der Waals surface area contributed by atoms with Crippen LogP contribution in [0.3, 0.4) is 0 Å². The highest BCUT2D eigenvalue weighted by molar-refractivity contribution is 5.40. The van der Waals surface area contributed by atoms with Crippen LogP contribution in [-0.2, 0) is 6.42 Å². The van der Waals surface area contributed by atoms with E-state index in [0.717, 1.165) is 6.07 Å². The molecule has 0 unspecified atom stereocenters. The number of halogens is 1. The summed E-state index contributed by atoms with van der Waals surface area (Å²) in [5.41, 5.74) is 0.378. The van der Waals surface area contributed by atoms with Crippen molar-refractivity contribution >= 4 is 5.69 Å². The van der Waals surface area contributed by atoms with Crippen LogP contribution < -0.4 is 0 Å². The van der Waals surface area contributed by atoms with E-state index < -0.39 is 10.7 Å². The van der Waals surface area contributed by atoms with Crippen LogP contribution >= 0.6 is 0 Å². The van der Waals surface area contributed by atoms with E-state index in [-0.39, 0.29) is 5.69 Å². The summed E-state index contributed by atoms with van der Waals surface area (Å²) in [6.07, 6.45) is 2.69. The Kier molecular flexibility index (Phi) is 3.34. The lowest BCUT2D eigenvalue weighted by atomic mass is 10.1. The SMILES string of the molecule is C=CCCc1cc(F)ccc1[N+](=O)[O-]. The molecule has 0 heterocycles. The maximum atomic E-state index is 12.8. The fourth-order valence-corrected chi connectivity index (χ4v) is 1.19. The number of nitro groups is 1. The molecule has 14 heavy (non-hydrogen) atoms. The summed E-state index contributed by atoms with van der Waals surface area (Å²) in [5.74, 6) is -0.449. The van der Waals surface area contributed by atoms with Crippen molar-refractivity contribution in [3.63, 3.8) is 0 Å². The number of hydrogen-bond acceptors (Lipinski definition) is 2. The number of allylic oxidation sites excluding steroid dienone is 1. The number of rotatable bonds is 4. The molecule has 1 aromatic carbocycles. The van der Waals surface area contributed by atoms with Crippen LogP contribution in [0.15, 0.2) is 30.9 Å². The van der Waals surface area contributed by atoms with Gasteiger partial charge in [0.15, 0.2) is 0 Å². The maximum Gasteiger partial charge on any atom is 0.272 e. The van der Waals surface area contributed by atoms with Crippen LogP contribution in [0.1, 0.15) is 12.0 Å². The van der Waals surface area contributed by atoms with Gasteiger partial charge in [0.1, 0.15) is 5.82 Å². The monoisotopic (exact) mass is 195 g/mol. The minimum absolute atomic E-state index is 0.0340. The summed E-state index contributed by atoms with van der Waals surface area (Å²) in [7, 11) is 0. The third-order valence-corrected chi connectivity index (χ3v) is 1.86. The van der Waals surface area contributed by atoms with Gasteiger partial charge in [0.25, 0.3) is 5.69 Å². The molecule has 0 saturated heterocycles. The summed E-state index contributed by atoms with van der Waals surface area (Å²) in [5, 5.41) is 10.6. The first kappa shape index (κ1) is 10.4. The Balaban J connectivity index is 3.02. The number of aryl methyl sites for hydroxylation is 1. The molecule has 1 aromatic rings. The van der Waals surface area contributed by atoms with Gasteiger partial charge in [-0.05, 0) is 25.0 Å². The normalized spacial score (nSPS) is 9.79. The van der Waals surface area contributed by atoms with Crippen molar-refractivity contribution in [2.45, 2.75) is 12.8 Å². The van der Waals surface area contributed by atoms with Crippen molar-refractivity contribution < 1.29 is 9.31 Å².